The lowest BCUT2D eigenvalue weighted by Crippen LogP contribution is -2.37. The maximum Gasteiger partial charge on any atom is 0.294 e. The lowest BCUT2D eigenvalue weighted by Gasteiger charge is -2.34. The molecule has 5 aromatic rings. The predicted octanol–water partition coefficient (Wildman–Crippen LogP) is 5.50. The second-order valence-corrected chi connectivity index (χ2v) is 9.95. The Balaban J connectivity index is 1.22. The number of imidazole rings is 1. The number of anilines is 1. The fourth-order valence-corrected chi connectivity index (χ4v) is 5.44. The van der Waals surface area contributed by atoms with Gasteiger partial charge in [0.2, 0.25) is 4.96 Å². The van der Waals surface area contributed by atoms with Gasteiger partial charge in [0.1, 0.15) is 22.8 Å². The van der Waals surface area contributed by atoms with E-state index in [1.54, 1.807) is 18.7 Å². The largest absolute Gasteiger partial charge is 0.496 e. The monoisotopic (exact) mass is 514 g/mol. The molecule has 0 amide bonds. The molecule has 9 heteroatoms. The van der Waals surface area contributed by atoms with Crippen LogP contribution in [0.2, 0.25) is 0 Å². The van der Waals surface area contributed by atoms with Crippen LogP contribution in [0.4, 0.5) is 5.69 Å². The van der Waals surface area contributed by atoms with Crippen LogP contribution < -0.4 is 19.1 Å². The van der Waals surface area contributed by atoms with Gasteiger partial charge in [-0.15, -0.1) is 11.5 Å². The van der Waals surface area contributed by atoms with E-state index in [4.69, 9.17) is 25.1 Å². The molecule has 0 bridgehead atoms. The summed E-state index contributed by atoms with van der Waals surface area (Å²) in [4.78, 5) is 7.78. The lowest BCUT2D eigenvalue weighted by molar-refractivity contribution is 0.230. The molecule has 1 aliphatic heterocycles. The first-order valence-electron chi connectivity index (χ1n) is 12.1. The van der Waals surface area contributed by atoms with Gasteiger partial charge in [0.25, 0.3) is 5.19 Å². The molecule has 0 N–H and O–H groups in total. The first-order valence-corrected chi connectivity index (χ1v) is 12.9. The number of benzene rings is 2. The molecule has 1 fully saturated rings. The van der Waals surface area contributed by atoms with Gasteiger partial charge in [-0.3, -0.25) is 0 Å². The summed E-state index contributed by atoms with van der Waals surface area (Å²) in [5, 5.41) is 5.79. The standard InChI is InChI=1S/C28H26N4O4S/c1-4-18-7-9-20(10-8-18)31-11-5-6-19(15-31)17-35-24-12-21(33-2)13-25-22(24)14-26(36-25)23-16-32-27(29-23)37-28(30-32)34-3/h1,7-10,12-14,16,19H,5-6,11,15,17H2,2-3H3/t19-/m0/s1. The highest BCUT2D eigenvalue weighted by atomic mass is 32.1. The molecule has 37 heavy (non-hydrogen) atoms. The number of aromatic nitrogens is 3. The first-order chi connectivity index (χ1) is 18.1. The second-order valence-electron chi connectivity index (χ2n) is 9.03. The molecular weight excluding hydrogens is 488 g/mol. The molecule has 1 aliphatic rings. The molecule has 188 valence electrons. The average Bonchev–Trinajstić information content (AvgIpc) is 3.65. The number of fused-ring (bicyclic) bond motifs is 2. The van der Waals surface area contributed by atoms with Crippen molar-refractivity contribution in [1.82, 2.24) is 14.6 Å². The molecule has 0 spiro atoms. The molecule has 1 saturated heterocycles. The van der Waals surface area contributed by atoms with Crippen LogP contribution in [0, 0.1) is 18.3 Å². The SMILES string of the molecule is C#Cc1ccc(N2CCC[C@H](COc3cc(OC)cc4oc(-c5cn6nc(OC)sc6n5)cc34)C2)cc1. The van der Waals surface area contributed by atoms with E-state index in [0.29, 0.717) is 40.5 Å². The highest BCUT2D eigenvalue weighted by molar-refractivity contribution is 7.18. The van der Waals surface area contributed by atoms with Crippen molar-refractivity contribution in [3.05, 3.63) is 54.2 Å². The molecule has 0 unspecified atom stereocenters. The third kappa shape index (κ3) is 4.56. The van der Waals surface area contributed by atoms with Crippen molar-refractivity contribution >= 4 is 33.0 Å². The summed E-state index contributed by atoms with van der Waals surface area (Å²) in [5.74, 6) is 5.14. The van der Waals surface area contributed by atoms with Gasteiger partial charge in [0, 0.05) is 42.4 Å². The quantitative estimate of drug-likeness (QED) is 0.266. The van der Waals surface area contributed by atoms with Crippen molar-refractivity contribution < 1.29 is 18.6 Å². The van der Waals surface area contributed by atoms with Crippen LogP contribution >= 0.6 is 11.3 Å². The van der Waals surface area contributed by atoms with Gasteiger partial charge < -0.3 is 23.5 Å². The van der Waals surface area contributed by atoms with Crippen LogP contribution in [0.1, 0.15) is 18.4 Å². The summed E-state index contributed by atoms with van der Waals surface area (Å²) in [5.41, 5.74) is 3.47. The number of piperidine rings is 1. The van der Waals surface area contributed by atoms with Gasteiger partial charge >= 0.3 is 0 Å². The van der Waals surface area contributed by atoms with E-state index < -0.39 is 0 Å². The van der Waals surface area contributed by atoms with Crippen LogP contribution in [0.25, 0.3) is 27.4 Å². The van der Waals surface area contributed by atoms with Crippen LogP contribution in [-0.4, -0.2) is 48.5 Å². The van der Waals surface area contributed by atoms with Crippen molar-refractivity contribution in [2.24, 2.45) is 5.92 Å². The highest BCUT2D eigenvalue weighted by Gasteiger charge is 2.22. The van der Waals surface area contributed by atoms with Gasteiger partial charge in [0.15, 0.2) is 5.76 Å². The molecule has 3 aromatic heterocycles. The normalized spacial score (nSPS) is 15.7. The summed E-state index contributed by atoms with van der Waals surface area (Å²) >= 11 is 1.37. The first kappa shape index (κ1) is 23.3. The van der Waals surface area contributed by atoms with E-state index in [9.17, 15) is 0 Å². The molecule has 4 heterocycles. The van der Waals surface area contributed by atoms with Crippen LogP contribution in [0.3, 0.4) is 0 Å². The number of methoxy groups -OCH3 is 2. The molecule has 0 aliphatic carbocycles. The van der Waals surface area contributed by atoms with E-state index >= 15 is 0 Å². The van der Waals surface area contributed by atoms with E-state index in [-0.39, 0.29) is 0 Å². The third-order valence-corrected chi connectivity index (χ3v) is 7.54. The van der Waals surface area contributed by atoms with Crippen molar-refractivity contribution in [2.75, 3.05) is 38.8 Å². The van der Waals surface area contributed by atoms with Crippen molar-refractivity contribution in [1.29, 1.82) is 0 Å². The van der Waals surface area contributed by atoms with Crippen LogP contribution in [0.5, 0.6) is 16.7 Å². The number of nitrogens with zero attached hydrogens (tertiary/aromatic N) is 4. The average molecular weight is 515 g/mol. The molecule has 0 radical (unpaired) electrons. The minimum absolute atomic E-state index is 0.398. The Morgan fingerprint density at radius 3 is 2.78 bits per heavy atom. The zero-order valence-corrected chi connectivity index (χ0v) is 21.5. The summed E-state index contributed by atoms with van der Waals surface area (Å²) in [7, 11) is 3.23. The van der Waals surface area contributed by atoms with Gasteiger partial charge in [0.05, 0.1) is 32.4 Å². The number of ether oxygens (including phenoxy) is 3. The number of hydrogen-bond donors (Lipinski definition) is 0. The molecule has 2 aromatic carbocycles. The number of terminal acetylenes is 1. The van der Waals surface area contributed by atoms with Gasteiger partial charge in [-0.2, -0.15) is 0 Å². The number of furan rings is 1. The van der Waals surface area contributed by atoms with Crippen LogP contribution in [-0.2, 0) is 0 Å². The smallest absolute Gasteiger partial charge is 0.294 e. The minimum Gasteiger partial charge on any atom is -0.496 e. The molecule has 8 nitrogen and oxygen atoms in total. The predicted molar refractivity (Wildman–Crippen MR) is 144 cm³/mol. The molecular formula is C28H26N4O4S. The van der Waals surface area contributed by atoms with Crippen molar-refractivity contribution in [3.8, 4) is 40.5 Å². The zero-order chi connectivity index (χ0) is 25.4. The Hall–Kier alpha value is -4.16. The van der Waals surface area contributed by atoms with E-state index in [2.05, 4.69) is 33.0 Å². The summed E-state index contributed by atoms with van der Waals surface area (Å²) in [6.07, 6.45) is 9.57. The van der Waals surface area contributed by atoms with Gasteiger partial charge in [-0.25, -0.2) is 9.50 Å². The fourth-order valence-electron chi connectivity index (χ4n) is 4.74. The zero-order valence-electron chi connectivity index (χ0n) is 20.6. The number of rotatable bonds is 7. The van der Waals surface area contributed by atoms with E-state index in [1.165, 1.54) is 17.0 Å². The van der Waals surface area contributed by atoms with E-state index in [1.807, 2.05) is 36.5 Å². The van der Waals surface area contributed by atoms with Crippen LogP contribution in [0.15, 0.2) is 53.1 Å². The topological polar surface area (TPSA) is 74.3 Å². The minimum atomic E-state index is 0.398. The Morgan fingerprint density at radius 2 is 2.03 bits per heavy atom. The molecule has 1 atom stereocenters. The Bertz CT molecular complexity index is 1560. The second kappa shape index (κ2) is 9.71. The maximum absolute atomic E-state index is 6.40. The molecule has 0 saturated carbocycles. The molecule has 6 rings (SSSR count). The van der Waals surface area contributed by atoms with Gasteiger partial charge in [-0.1, -0.05) is 5.92 Å². The van der Waals surface area contributed by atoms with Crippen molar-refractivity contribution in [3.63, 3.8) is 0 Å². The summed E-state index contributed by atoms with van der Waals surface area (Å²) in [6, 6.07) is 13.9. The number of hydrogen-bond acceptors (Lipinski definition) is 8. The lowest BCUT2D eigenvalue weighted by atomic mass is 9.98. The summed E-state index contributed by atoms with van der Waals surface area (Å²) < 4.78 is 25.0. The highest BCUT2D eigenvalue weighted by Crippen LogP contribution is 2.38. The van der Waals surface area contributed by atoms with E-state index in [0.717, 1.165) is 47.6 Å². The van der Waals surface area contributed by atoms with Crippen molar-refractivity contribution in [2.45, 2.75) is 12.8 Å². The van der Waals surface area contributed by atoms with Gasteiger partial charge in [-0.05, 0) is 54.5 Å². The Labute approximate surface area is 218 Å². The fraction of sp³-hybridized carbons (Fsp3) is 0.286. The summed E-state index contributed by atoms with van der Waals surface area (Å²) in [6.45, 7) is 2.57. The third-order valence-electron chi connectivity index (χ3n) is 6.65. The Kier molecular flexibility index (Phi) is 6.10. The maximum atomic E-state index is 6.40. The Morgan fingerprint density at radius 1 is 1.16 bits per heavy atom.